The largest absolute Gasteiger partial charge is 0.465 e. The molecule has 0 spiro atoms. The van der Waals surface area contributed by atoms with E-state index in [2.05, 4.69) is 15.4 Å². The zero-order chi connectivity index (χ0) is 19.7. The van der Waals surface area contributed by atoms with E-state index in [4.69, 9.17) is 16.3 Å². The van der Waals surface area contributed by atoms with Gasteiger partial charge in [0.25, 0.3) is 0 Å². The Kier molecular flexibility index (Phi) is 4.67. The Morgan fingerprint density at radius 3 is 2.39 bits per heavy atom. The minimum atomic E-state index is -0.404. The van der Waals surface area contributed by atoms with Gasteiger partial charge in [0.1, 0.15) is 11.3 Å². The fraction of sp³-hybridized carbons (Fsp3) is 0.100. The predicted molar refractivity (Wildman–Crippen MR) is 105 cm³/mol. The number of aromatic nitrogens is 5. The number of rotatable bonds is 4. The van der Waals surface area contributed by atoms with Crippen LogP contribution in [0.5, 0.6) is 0 Å². The number of nitrogens with zero attached hydrogens (tertiary/aromatic N) is 5. The van der Waals surface area contributed by atoms with Gasteiger partial charge in [-0.2, -0.15) is 5.10 Å². The molecule has 0 radical (unpaired) electrons. The summed E-state index contributed by atoms with van der Waals surface area (Å²) in [6.45, 7) is 1.82. The highest BCUT2D eigenvalue weighted by molar-refractivity contribution is 6.30. The van der Waals surface area contributed by atoms with Crippen molar-refractivity contribution in [2.24, 2.45) is 0 Å². The van der Waals surface area contributed by atoms with Crippen LogP contribution < -0.4 is 0 Å². The molecule has 0 atom stereocenters. The third-order valence-electron chi connectivity index (χ3n) is 4.41. The smallest absolute Gasteiger partial charge is 0.341 e. The van der Waals surface area contributed by atoms with Gasteiger partial charge in [0.05, 0.1) is 36.6 Å². The summed E-state index contributed by atoms with van der Waals surface area (Å²) in [5.74, 6) is -0.404. The van der Waals surface area contributed by atoms with Crippen LogP contribution >= 0.6 is 11.6 Å². The molecule has 2 heterocycles. The van der Waals surface area contributed by atoms with Crippen molar-refractivity contribution in [1.29, 1.82) is 0 Å². The van der Waals surface area contributed by atoms with Crippen LogP contribution in [0, 0.1) is 6.92 Å². The summed E-state index contributed by atoms with van der Waals surface area (Å²) in [6.07, 6.45) is 3.36. The zero-order valence-corrected chi connectivity index (χ0v) is 16.0. The summed E-state index contributed by atoms with van der Waals surface area (Å²) in [7, 11) is 1.35. The molecule has 2 aromatic heterocycles. The summed E-state index contributed by atoms with van der Waals surface area (Å²) >= 11 is 5.93. The fourth-order valence-corrected chi connectivity index (χ4v) is 3.00. The number of benzene rings is 2. The standard InChI is InChI=1S/C20H16ClN5O2/c1-13-18(20(27)28-2)11-22-26(13)17-7-3-14(4-8-17)19-12-25(24-23-19)16-9-5-15(21)6-10-16/h3-12H,1-2H3. The van der Waals surface area contributed by atoms with Crippen molar-refractivity contribution in [3.05, 3.63) is 77.2 Å². The Bertz CT molecular complexity index is 1130. The van der Waals surface area contributed by atoms with E-state index in [1.165, 1.54) is 13.3 Å². The van der Waals surface area contributed by atoms with E-state index in [1.807, 2.05) is 61.7 Å². The van der Waals surface area contributed by atoms with Gasteiger partial charge in [0.2, 0.25) is 0 Å². The highest BCUT2D eigenvalue weighted by Crippen LogP contribution is 2.22. The number of carbonyl (C=O) groups excluding carboxylic acids is 1. The van der Waals surface area contributed by atoms with Crippen molar-refractivity contribution < 1.29 is 9.53 Å². The van der Waals surface area contributed by atoms with Gasteiger partial charge in [0.15, 0.2) is 0 Å². The monoisotopic (exact) mass is 393 g/mol. The normalized spacial score (nSPS) is 10.8. The number of halogens is 1. The Morgan fingerprint density at radius 1 is 1.04 bits per heavy atom. The minimum absolute atomic E-state index is 0.404. The van der Waals surface area contributed by atoms with Crippen LogP contribution in [0.25, 0.3) is 22.6 Å². The van der Waals surface area contributed by atoms with Crippen molar-refractivity contribution >= 4 is 17.6 Å². The van der Waals surface area contributed by atoms with Crippen molar-refractivity contribution in [1.82, 2.24) is 24.8 Å². The number of esters is 1. The lowest BCUT2D eigenvalue weighted by Gasteiger charge is -2.06. The number of carbonyl (C=O) groups is 1. The van der Waals surface area contributed by atoms with E-state index in [1.54, 1.807) is 9.36 Å². The van der Waals surface area contributed by atoms with Gasteiger partial charge in [-0.25, -0.2) is 14.2 Å². The number of hydrogen-bond donors (Lipinski definition) is 0. The third kappa shape index (κ3) is 3.27. The first-order valence-corrected chi connectivity index (χ1v) is 8.86. The fourth-order valence-electron chi connectivity index (χ4n) is 2.87. The van der Waals surface area contributed by atoms with Gasteiger partial charge in [-0.05, 0) is 43.3 Å². The van der Waals surface area contributed by atoms with Crippen LogP contribution in [0.2, 0.25) is 5.02 Å². The predicted octanol–water partition coefficient (Wildman–Crippen LogP) is 3.87. The van der Waals surface area contributed by atoms with Crippen LogP contribution in [0.3, 0.4) is 0 Å². The van der Waals surface area contributed by atoms with Gasteiger partial charge in [0, 0.05) is 10.6 Å². The zero-order valence-electron chi connectivity index (χ0n) is 15.2. The lowest BCUT2D eigenvalue weighted by atomic mass is 10.1. The maximum atomic E-state index is 11.8. The maximum absolute atomic E-state index is 11.8. The lowest BCUT2D eigenvalue weighted by Crippen LogP contribution is -2.04. The molecule has 0 unspecified atom stereocenters. The molecule has 7 nitrogen and oxygen atoms in total. The van der Waals surface area contributed by atoms with Crippen LogP contribution in [0.4, 0.5) is 0 Å². The second-order valence-electron chi connectivity index (χ2n) is 6.12. The molecule has 0 aliphatic heterocycles. The molecule has 4 aromatic rings. The Hall–Kier alpha value is -3.45. The van der Waals surface area contributed by atoms with Crippen molar-refractivity contribution in [3.63, 3.8) is 0 Å². The van der Waals surface area contributed by atoms with Gasteiger partial charge in [-0.1, -0.05) is 28.9 Å². The average molecular weight is 394 g/mol. The number of methoxy groups -OCH3 is 1. The molecule has 0 fully saturated rings. The molecule has 140 valence electrons. The summed E-state index contributed by atoms with van der Waals surface area (Å²) in [5.41, 5.74) is 4.53. The van der Waals surface area contributed by atoms with E-state index >= 15 is 0 Å². The molecule has 2 aromatic carbocycles. The summed E-state index contributed by atoms with van der Waals surface area (Å²) in [5, 5.41) is 13.4. The molecule has 0 bridgehead atoms. The molecule has 4 rings (SSSR count). The highest BCUT2D eigenvalue weighted by atomic mass is 35.5. The Balaban J connectivity index is 1.60. The second-order valence-corrected chi connectivity index (χ2v) is 6.56. The van der Waals surface area contributed by atoms with Crippen molar-refractivity contribution in [2.45, 2.75) is 6.92 Å². The molecule has 0 saturated heterocycles. The molecule has 0 N–H and O–H groups in total. The van der Waals surface area contributed by atoms with Crippen LogP contribution in [-0.2, 0) is 4.74 Å². The second kappa shape index (κ2) is 7.28. The van der Waals surface area contributed by atoms with Crippen LogP contribution in [0.15, 0.2) is 60.9 Å². The minimum Gasteiger partial charge on any atom is -0.465 e. The topological polar surface area (TPSA) is 74.8 Å². The maximum Gasteiger partial charge on any atom is 0.341 e. The van der Waals surface area contributed by atoms with Gasteiger partial charge in [-0.15, -0.1) is 5.10 Å². The van der Waals surface area contributed by atoms with Crippen LogP contribution in [-0.4, -0.2) is 37.9 Å². The van der Waals surface area contributed by atoms with Crippen LogP contribution in [0.1, 0.15) is 16.1 Å². The molecule has 8 heteroatoms. The molecule has 0 amide bonds. The van der Waals surface area contributed by atoms with E-state index in [0.717, 1.165) is 22.6 Å². The van der Waals surface area contributed by atoms with E-state index in [-0.39, 0.29) is 0 Å². The number of hydrogen-bond acceptors (Lipinski definition) is 5. The average Bonchev–Trinajstić information content (AvgIpc) is 3.35. The van der Waals surface area contributed by atoms with Crippen molar-refractivity contribution in [3.8, 4) is 22.6 Å². The Labute approximate surface area is 166 Å². The van der Waals surface area contributed by atoms with E-state index < -0.39 is 5.97 Å². The van der Waals surface area contributed by atoms with E-state index in [0.29, 0.717) is 16.3 Å². The quantitative estimate of drug-likeness (QED) is 0.492. The van der Waals surface area contributed by atoms with Gasteiger partial charge < -0.3 is 4.74 Å². The molecular formula is C20H16ClN5O2. The molecule has 0 aliphatic carbocycles. The SMILES string of the molecule is COC(=O)c1cnn(-c2ccc(-c3cn(-c4ccc(Cl)cc4)nn3)cc2)c1C. The number of ether oxygens (including phenoxy) is 1. The molecule has 28 heavy (non-hydrogen) atoms. The first kappa shape index (κ1) is 17.9. The Morgan fingerprint density at radius 2 is 1.71 bits per heavy atom. The molecular weight excluding hydrogens is 378 g/mol. The first-order valence-electron chi connectivity index (χ1n) is 8.49. The lowest BCUT2D eigenvalue weighted by molar-refractivity contribution is 0.0600. The summed E-state index contributed by atoms with van der Waals surface area (Å²) in [6, 6.07) is 15.1. The summed E-state index contributed by atoms with van der Waals surface area (Å²) in [4.78, 5) is 11.8. The third-order valence-corrected chi connectivity index (χ3v) is 4.66. The molecule has 0 aliphatic rings. The van der Waals surface area contributed by atoms with Gasteiger partial charge in [-0.3, -0.25) is 0 Å². The first-order chi connectivity index (χ1) is 13.6. The molecule has 0 saturated carbocycles. The van der Waals surface area contributed by atoms with E-state index in [9.17, 15) is 4.79 Å². The summed E-state index contributed by atoms with van der Waals surface area (Å²) < 4.78 is 8.16. The van der Waals surface area contributed by atoms with Gasteiger partial charge >= 0.3 is 5.97 Å². The highest BCUT2D eigenvalue weighted by Gasteiger charge is 2.15. The van der Waals surface area contributed by atoms with Crippen molar-refractivity contribution in [2.75, 3.05) is 7.11 Å².